The largest absolute Gasteiger partial charge is 0.497 e. The first-order valence-electron chi connectivity index (χ1n) is 8.79. The second kappa shape index (κ2) is 6.62. The molecule has 0 bridgehead atoms. The zero-order chi connectivity index (χ0) is 19.1. The highest BCUT2D eigenvalue weighted by Gasteiger charge is 2.19. The Morgan fingerprint density at radius 2 is 1.82 bits per heavy atom. The summed E-state index contributed by atoms with van der Waals surface area (Å²) in [6, 6.07) is 21.4. The summed E-state index contributed by atoms with van der Waals surface area (Å²) in [5.41, 5.74) is 2.40. The standard InChI is InChI=1S/C23H15NO3S/c1-26-16-9-6-15(7-10-16)19-13-28-23(24-19)22(25)21-12-18-17-5-3-2-4-14(17)8-11-20(18)27-21/h2-13H,1H3. The van der Waals surface area contributed by atoms with Gasteiger partial charge in [0.2, 0.25) is 0 Å². The van der Waals surface area contributed by atoms with Crippen molar-refractivity contribution in [2.24, 2.45) is 0 Å². The lowest BCUT2D eigenvalue weighted by atomic mass is 10.1. The van der Waals surface area contributed by atoms with E-state index in [4.69, 9.17) is 9.15 Å². The number of ether oxygens (including phenoxy) is 1. The topological polar surface area (TPSA) is 52.3 Å². The molecule has 0 saturated carbocycles. The minimum atomic E-state index is -0.204. The van der Waals surface area contributed by atoms with Gasteiger partial charge in [0.05, 0.1) is 12.8 Å². The number of ketones is 1. The highest BCUT2D eigenvalue weighted by atomic mass is 32.1. The molecule has 3 aromatic carbocycles. The van der Waals surface area contributed by atoms with E-state index in [-0.39, 0.29) is 5.78 Å². The van der Waals surface area contributed by atoms with Gasteiger partial charge < -0.3 is 9.15 Å². The predicted molar refractivity (Wildman–Crippen MR) is 111 cm³/mol. The minimum Gasteiger partial charge on any atom is -0.497 e. The van der Waals surface area contributed by atoms with Crippen LogP contribution in [0.15, 0.2) is 76.5 Å². The Labute approximate surface area is 165 Å². The average molecular weight is 385 g/mol. The van der Waals surface area contributed by atoms with Crippen LogP contribution in [0.4, 0.5) is 0 Å². The Hall–Kier alpha value is -3.44. The first-order valence-corrected chi connectivity index (χ1v) is 9.67. The third-order valence-electron chi connectivity index (χ3n) is 4.73. The predicted octanol–water partition coefficient (Wildman–Crippen LogP) is 5.95. The fourth-order valence-corrected chi connectivity index (χ4v) is 4.05. The van der Waals surface area contributed by atoms with Crippen LogP contribution in [-0.2, 0) is 0 Å². The quantitative estimate of drug-likeness (QED) is 0.359. The number of carbonyl (C=O) groups excluding carboxylic acids is 1. The highest BCUT2D eigenvalue weighted by Crippen LogP contribution is 2.30. The van der Waals surface area contributed by atoms with Gasteiger partial charge >= 0.3 is 0 Å². The molecule has 0 aliphatic heterocycles. The van der Waals surface area contributed by atoms with E-state index in [0.29, 0.717) is 16.4 Å². The van der Waals surface area contributed by atoms with Crippen molar-refractivity contribution >= 4 is 38.9 Å². The van der Waals surface area contributed by atoms with Crippen LogP contribution in [-0.4, -0.2) is 17.9 Å². The summed E-state index contributed by atoms with van der Waals surface area (Å²) in [5.74, 6) is 0.886. The number of rotatable bonds is 4. The van der Waals surface area contributed by atoms with Gasteiger partial charge in [-0.25, -0.2) is 4.98 Å². The lowest BCUT2D eigenvalue weighted by Crippen LogP contribution is -1.98. The van der Waals surface area contributed by atoms with Gasteiger partial charge in [0.15, 0.2) is 10.8 Å². The van der Waals surface area contributed by atoms with Crippen LogP contribution in [0.2, 0.25) is 0 Å². The molecule has 2 aromatic heterocycles. The number of furan rings is 1. The Kier molecular flexibility index (Phi) is 3.95. The molecule has 0 saturated heterocycles. The molecule has 28 heavy (non-hydrogen) atoms. The van der Waals surface area contributed by atoms with Crippen molar-refractivity contribution in [3.8, 4) is 17.0 Å². The van der Waals surface area contributed by atoms with Gasteiger partial charge in [0, 0.05) is 16.3 Å². The van der Waals surface area contributed by atoms with E-state index in [1.807, 2.05) is 72.1 Å². The fourth-order valence-electron chi connectivity index (χ4n) is 3.28. The summed E-state index contributed by atoms with van der Waals surface area (Å²) < 4.78 is 11.0. The number of methoxy groups -OCH3 is 1. The molecule has 136 valence electrons. The molecule has 0 radical (unpaired) electrons. The zero-order valence-corrected chi connectivity index (χ0v) is 15.8. The Bertz CT molecular complexity index is 1310. The van der Waals surface area contributed by atoms with Crippen molar-refractivity contribution in [3.05, 3.63) is 82.9 Å². The van der Waals surface area contributed by atoms with Gasteiger partial charge in [0.1, 0.15) is 11.3 Å². The molecule has 0 fully saturated rings. The number of hydrogen-bond donors (Lipinski definition) is 0. The summed E-state index contributed by atoms with van der Waals surface area (Å²) in [4.78, 5) is 17.4. The zero-order valence-electron chi connectivity index (χ0n) is 15.0. The van der Waals surface area contributed by atoms with E-state index in [1.54, 1.807) is 7.11 Å². The number of carbonyl (C=O) groups is 1. The van der Waals surface area contributed by atoms with Crippen LogP contribution in [0.5, 0.6) is 5.75 Å². The normalized spacial score (nSPS) is 11.2. The molecule has 0 aliphatic rings. The van der Waals surface area contributed by atoms with Gasteiger partial charge in [0.25, 0.3) is 5.78 Å². The van der Waals surface area contributed by atoms with E-state index >= 15 is 0 Å². The molecular weight excluding hydrogens is 370 g/mol. The molecule has 0 aliphatic carbocycles. The average Bonchev–Trinajstić information content (AvgIpc) is 3.41. The first-order chi connectivity index (χ1) is 13.7. The summed E-state index contributed by atoms with van der Waals surface area (Å²) in [6.45, 7) is 0. The smallest absolute Gasteiger partial charge is 0.256 e. The van der Waals surface area contributed by atoms with Gasteiger partial charge in [-0.2, -0.15) is 0 Å². The van der Waals surface area contributed by atoms with E-state index in [0.717, 1.165) is 33.2 Å². The number of nitrogens with zero attached hydrogens (tertiary/aromatic N) is 1. The van der Waals surface area contributed by atoms with Crippen LogP contribution in [0.3, 0.4) is 0 Å². The third-order valence-corrected chi connectivity index (χ3v) is 5.58. The van der Waals surface area contributed by atoms with Gasteiger partial charge in [-0.05, 0) is 47.2 Å². The molecule has 2 heterocycles. The second-order valence-corrected chi connectivity index (χ2v) is 7.26. The van der Waals surface area contributed by atoms with Crippen molar-refractivity contribution in [1.82, 2.24) is 4.98 Å². The van der Waals surface area contributed by atoms with Crippen molar-refractivity contribution < 1.29 is 13.9 Å². The molecule has 0 N–H and O–H groups in total. The maximum Gasteiger partial charge on any atom is 0.256 e. The van der Waals surface area contributed by atoms with Crippen molar-refractivity contribution in [1.29, 1.82) is 0 Å². The fraction of sp³-hybridized carbons (Fsp3) is 0.0435. The monoisotopic (exact) mass is 385 g/mol. The number of hydrogen-bond acceptors (Lipinski definition) is 5. The van der Waals surface area contributed by atoms with Crippen LogP contribution in [0.25, 0.3) is 33.0 Å². The molecule has 4 nitrogen and oxygen atoms in total. The van der Waals surface area contributed by atoms with Crippen LogP contribution in [0.1, 0.15) is 15.6 Å². The van der Waals surface area contributed by atoms with Gasteiger partial charge in [-0.15, -0.1) is 11.3 Å². The van der Waals surface area contributed by atoms with Gasteiger partial charge in [-0.1, -0.05) is 30.3 Å². The maximum absolute atomic E-state index is 12.9. The minimum absolute atomic E-state index is 0.204. The summed E-state index contributed by atoms with van der Waals surface area (Å²) in [7, 11) is 1.63. The Morgan fingerprint density at radius 3 is 2.64 bits per heavy atom. The number of fused-ring (bicyclic) bond motifs is 3. The lowest BCUT2D eigenvalue weighted by molar-refractivity contribution is 0.101. The number of thiazole rings is 1. The SMILES string of the molecule is COc1ccc(-c2csc(C(=O)c3cc4c(ccc5ccccc54)o3)n2)cc1. The second-order valence-electron chi connectivity index (χ2n) is 6.40. The van der Waals surface area contributed by atoms with Crippen LogP contribution >= 0.6 is 11.3 Å². The molecule has 5 rings (SSSR count). The Balaban J connectivity index is 1.51. The molecular formula is C23H15NO3S. The van der Waals surface area contributed by atoms with E-state index in [2.05, 4.69) is 4.98 Å². The Morgan fingerprint density at radius 1 is 1.00 bits per heavy atom. The van der Waals surface area contributed by atoms with Crippen LogP contribution in [0, 0.1) is 0 Å². The van der Waals surface area contributed by atoms with Gasteiger partial charge in [-0.3, -0.25) is 4.79 Å². The molecule has 0 amide bonds. The third kappa shape index (κ3) is 2.77. The maximum atomic E-state index is 12.9. The lowest BCUT2D eigenvalue weighted by Gasteiger charge is -2.00. The number of benzene rings is 3. The summed E-state index contributed by atoms with van der Waals surface area (Å²) in [5, 5.41) is 5.42. The van der Waals surface area contributed by atoms with Crippen LogP contribution < -0.4 is 4.74 Å². The van der Waals surface area contributed by atoms with Crippen molar-refractivity contribution in [2.75, 3.05) is 7.11 Å². The van der Waals surface area contributed by atoms with E-state index < -0.39 is 0 Å². The van der Waals surface area contributed by atoms with Crippen molar-refractivity contribution in [2.45, 2.75) is 0 Å². The summed E-state index contributed by atoms with van der Waals surface area (Å²) in [6.07, 6.45) is 0. The number of aromatic nitrogens is 1. The molecule has 5 aromatic rings. The van der Waals surface area contributed by atoms with E-state index in [9.17, 15) is 4.79 Å². The molecule has 5 heteroatoms. The summed E-state index contributed by atoms with van der Waals surface area (Å²) >= 11 is 1.32. The highest BCUT2D eigenvalue weighted by molar-refractivity contribution is 7.12. The molecule has 0 spiro atoms. The van der Waals surface area contributed by atoms with Crippen molar-refractivity contribution in [3.63, 3.8) is 0 Å². The first kappa shape index (κ1) is 16.7. The molecule has 0 unspecified atom stereocenters. The van der Waals surface area contributed by atoms with E-state index in [1.165, 1.54) is 11.3 Å². The molecule has 0 atom stereocenters.